The zero-order valence-electron chi connectivity index (χ0n) is 15.6. The molecule has 0 aromatic heterocycles. The number of alkyl halides is 3. The Bertz CT molecular complexity index is 1010. The van der Waals surface area contributed by atoms with Gasteiger partial charge >= 0.3 is 12.2 Å². The van der Waals surface area contributed by atoms with Gasteiger partial charge in [0.15, 0.2) is 0 Å². The van der Waals surface area contributed by atoms with Crippen molar-refractivity contribution < 1.29 is 26.4 Å². The Labute approximate surface area is 177 Å². The maximum absolute atomic E-state index is 12.8. The molecule has 162 valence electrons. The summed E-state index contributed by atoms with van der Waals surface area (Å²) in [5, 5.41) is 5.49. The van der Waals surface area contributed by atoms with Crippen LogP contribution in [0.15, 0.2) is 53.4 Å². The van der Waals surface area contributed by atoms with Gasteiger partial charge in [-0.1, -0.05) is 17.7 Å². The first-order chi connectivity index (χ1) is 14.1. The number of piperidine rings is 1. The van der Waals surface area contributed by atoms with Gasteiger partial charge in [0.05, 0.1) is 10.5 Å². The fraction of sp³-hybridized carbons (Fsp3) is 0.316. The molecule has 2 aromatic rings. The van der Waals surface area contributed by atoms with Gasteiger partial charge in [-0.25, -0.2) is 13.2 Å². The van der Waals surface area contributed by atoms with Gasteiger partial charge in [-0.3, -0.25) is 0 Å². The van der Waals surface area contributed by atoms with Gasteiger partial charge in [0.1, 0.15) is 0 Å². The van der Waals surface area contributed by atoms with Gasteiger partial charge in [-0.05, 0) is 55.3 Å². The Hall–Kier alpha value is -2.30. The highest BCUT2D eigenvalue weighted by Crippen LogP contribution is 2.30. The largest absolute Gasteiger partial charge is 0.416 e. The number of rotatable bonds is 4. The number of halogens is 4. The van der Waals surface area contributed by atoms with E-state index < -0.39 is 27.8 Å². The summed E-state index contributed by atoms with van der Waals surface area (Å²) in [4.78, 5) is 12.3. The quantitative estimate of drug-likeness (QED) is 0.711. The normalized spacial score (nSPS) is 16.3. The molecule has 2 aromatic carbocycles. The fourth-order valence-corrected chi connectivity index (χ4v) is 4.72. The molecule has 1 saturated heterocycles. The van der Waals surface area contributed by atoms with E-state index in [4.69, 9.17) is 11.6 Å². The number of hydrogen-bond donors (Lipinski definition) is 2. The molecule has 0 spiro atoms. The minimum atomic E-state index is -4.50. The van der Waals surface area contributed by atoms with Crippen LogP contribution in [0.2, 0.25) is 5.02 Å². The second kappa shape index (κ2) is 8.83. The summed E-state index contributed by atoms with van der Waals surface area (Å²) in [6, 6.07) is 9.26. The van der Waals surface area contributed by atoms with Crippen molar-refractivity contribution in [3.8, 4) is 0 Å². The average molecular weight is 462 g/mol. The lowest BCUT2D eigenvalue weighted by Gasteiger charge is -2.31. The minimum Gasteiger partial charge on any atom is -0.335 e. The first-order valence-electron chi connectivity index (χ1n) is 9.06. The highest BCUT2D eigenvalue weighted by molar-refractivity contribution is 7.89. The van der Waals surface area contributed by atoms with E-state index in [2.05, 4.69) is 10.6 Å². The van der Waals surface area contributed by atoms with Crippen LogP contribution in [-0.2, 0) is 16.2 Å². The number of hydrogen-bond acceptors (Lipinski definition) is 3. The number of anilines is 1. The molecule has 1 heterocycles. The molecule has 1 aliphatic rings. The lowest BCUT2D eigenvalue weighted by Crippen LogP contribution is -2.47. The third kappa shape index (κ3) is 5.44. The Balaban J connectivity index is 1.54. The molecule has 0 saturated carbocycles. The smallest absolute Gasteiger partial charge is 0.335 e. The van der Waals surface area contributed by atoms with E-state index in [9.17, 15) is 26.4 Å². The summed E-state index contributed by atoms with van der Waals surface area (Å²) in [6.45, 7) is 0.416. The molecule has 6 nitrogen and oxygen atoms in total. The van der Waals surface area contributed by atoms with Gasteiger partial charge in [0.25, 0.3) is 0 Å². The van der Waals surface area contributed by atoms with Gasteiger partial charge in [-0.2, -0.15) is 17.5 Å². The number of carbonyl (C=O) groups is 1. The molecular weight excluding hydrogens is 443 g/mol. The van der Waals surface area contributed by atoms with Crippen LogP contribution in [0.1, 0.15) is 18.4 Å². The molecule has 0 unspecified atom stereocenters. The Morgan fingerprint density at radius 2 is 1.70 bits per heavy atom. The van der Waals surface area contributed by atoms with E-state index in [0.29, 0.717) is 17.9 Å². The number of amides is 2. The van der Waals surface area contributed by atoms with Crippen molar-refractivity contribution in [3.05, 3.63) is 59.1 Å². The maximum atomic E-state index is 12.8. The molecule has 2 amide bonds. The molecule has 3 rings (SSSR count). The molecule has 1 fully saturated rings. The predicted molar refractivity (Wildman–Crippen MR) is 107 cm³/mol. The van der Waals surface area contributed by atoms with Crippen molar-refractivity contribution >= 4 is 33.3 Å². The molecule has 0 bridgehead atoms. The first-order valence-corrected chi connectivity index (χ1v) is 10.9. The lowest BCUT2D eigenvalue weighted by molar-refractivity contribution is -0.137. The average Bonchev–Trinajstić information content (AvgIpc) is 2.68. The van der Waals surface area contributed by atoms with E-state index in [1.165, 1.54) is 40.7 Å². The van der Waals surface area contributed by atoms with E-state index in [-0.39, 0.29) is 29.7 Å². The number of benzene rings is 2. The van der Waals surface area contributed by atoms with Crippen molar-refractivity contribution in [1.29, 1.82) is 0 Å². The molecule has 1 aliphatic heterocycles. The highest BCUT2D eigenvalue weighted by atomic mass is 35.5. The SMILES string of the molecule is O=C(Nc1cccc(C(F)(F)F)c1)NC1CCN(S(=O)(=O)c2ccc(Cl)cc2)CC1. The van der Waals surface area contributed by atoms with Gasteiger partial charge in [0, 0.05) is 29.8 Å². The summed E-state index contributed by atoms with van der Waals surface area (Å²) >= 11 is 5.79. The molecule has 11 heteroatoms. The second-order valence-corrected chi connectivity index (χ2v) is 9.18. The monoisotopic (exact) mass is 461 g/mol. The summed E-state index contributed by atoms with van der Waals surface area (Å²) in [7, 11) is -3.66. The van der Waals surface area contributed by atoms with Crippen molar-refractivity contribution in [2.75, 3.05) is 18.4 Å². The van der Waals surface area contributed by atoms with E-state index >= 15 is 0 Å². The van der Waals surface area contributed by atoms with Crippen molar-refractivity contribution in [3.63, 3.8) is 0 Å². The van der Waals surface area contributed by atoms with E-state index in [0.717, 1.165) is 12.1 Å². The molecule has 0 radical (unpaired) electrons. The molecular formula is C19H19ClF3N3O3S. The Kier molecular flexibility index (Phi) is 6.59. The van der Waals surface area contributed by atoms with E-state index in [1.807, 2.05) is 0 Å². The third-order valence-corrected chi connectivity index (χ3v) is 6.85. The van der Waals surface area contributed by atoms with Crippen LogP contribution < -0.4 is 10.6 Å². The maximum Gasteiger partial charge on any atom is 0.416 e. The van der Waals surface area contributed by atoms with Crippen LogP contribution in [0.25, 0.3) is 0 Å². The zero-order valence-corrected chi connectivity index (χ0v) is 17.2. The second-order valence-electron chi connectivity index (χ2n) is 6.81. The topological polar surface area (TPSA) is 78.5 Å². The minimum absolute atomic E-state index is 0.0186. The van der Waals surface area contributed by atoms with Gasteiger partial charge in [0.2, 0.25) is 10.0 Å². The Morgan fingerprint density at radius 3 is 2.30 bits per heavy atom. The number of carbonyl (C=O) groups excluding carboxylic acids is 1. The number of urea groups is 1. The lowest BCUT2D eigenvalue weighted by atomic mass is 10.1. The van der Waals surface area contributed by atoms with Gasteiger partial charge in [-0.15, -0.1) is 0 Å². The summed E-state index contributed by atoms with van der Waals surface area (Å²) in [6.07, 6.45) is -3.75. The van der Waals surface area contributed by atoms with Crippen LogP contribution in [0, 0.1) is 0 Å². The molecule has 2 N–H and O–H groups in total. The van der Waals surface area contributed by atoms with Crippen LogP contribution in [0.3, 0.4) is 0 Å². The van der Waals surface area contributed by atoms with Crippen LogP contribution in [0.5, 0.6) is 0 Å². The zero-order chi connectivity index (χ0) is 21.9. The molecule has 30 heavy (non-hydrogen) atoms. The Morgan fingerprint density at radius 1 is 1.07 bits per heavy atom. The fourth-order valence-electron chi connectivity index (χ4n) is 3.12. The number of nitrogens with one attached hydrogen (secondary N) is 2. The number of sulfonamides is 1. The molecule has 0 atom stereocenters. The number of nitrogens with zero attached hydrogens (tertiary/aromatic N) is 1. The van der Waals surface area contributed by atoms with Crippen LogP contribution in [0.4, 0.5) is 23.7 Å². The standard InChI is InChI=1S/C19H19ClF3N3O3S/c20-14-4-6-17(7-5-14)30(28,29)26-10-8-15(9-11-26)24-18(27)25-16-3-1-2-13(12-16)19(21,22)23/h1-7,12,15H,8-11H2,(H2,24,25,27). The van der Waals surface area contributed by atoms with Crippen molar-refractivity contribution in [2.45, 2.75) is 30.0 Å². The van der Waals surface area contributed by atoms with Crippen LogP contribution >= 0.6 is 11.6 Å². The third-order valence-electron chi connectivity index (χ3n) is 4.69. The summed E-state index contributed by atoms with van der Waals surface area (Å²) in [5.74, 6) is 0. The molecule has 0 aliphatic carbocycles. The van der Waals surface area contributed by atoms with Crippen molar-refractivity contribution in [2.24, 2.45) is 0 Å². The highest BCUT2D eigenvalue weighted by Gasteiger charge is 2.31. The summed E-state index contributed by atoms with van der Waals surface area (Å²) < 4.78 is 65.0. The van der Waals surface area contributed by atoms with Crippen LogP contribution in [-0.4, -0.2) is 37.9 Å². The predicted octanol–water partition coefficient (Wildman–Crippen LogP) is 4.33. The first kappa shape index (κ1) is 22.4. The van der Waals surface area contributed by atoms with Gasteiger partial charge < -0.3 is 10.6 Å². The van der Waals surface area contributed by atoms with E-state index in [1.54, 1.807) is 0 Å². The summed E-state index contributed by atoms with van der Waals surface area (Å²) in [5.41, 5.74) is -0.842. The van der Waals surface area contributed by atoms with Crippen molar-refractivity contribution in [1.82, 2.24) is 9.62 Å².